The van der Waals surface area contributed by atoms with Crippen molar-refractivity contribution in [2.75, 3.05) is 5.73 Å². The molecule has 1 aliphatic carbocycles. The second kappa shape index (κ2) is 4.74. The van der Waals surface area contributed by atoms with Gasteiger partial charge in [-0.1, -0.05) is 11.6 Å². The van der Waals surface area contributed by atoms with Crippen molar-refractivity contribution in [2.24, 2.45) is 0 Å². The molecule has 0 radical (unpaired) electrons. The molecule has 4 heteroatoms. The highest BCUT2D eigenvalue weighted by atomic mass is 35.5. The minimum absolute atomic E-state index is 0.0730. The lowest BCUT2D eigenvalue weighted by atomic mass is 10.2. The Bertz CT molecular complexity index is 400. The average Bonchev–Trinajstić information content (AvgIpc) is 2.74. The molecule has 16 heavy (non-hydrogen) atoms. The predicted octanol–water partition coefficient (Wildman–Crippen LogP) is 3.02. The van der Waals surface area contributed by atoms with E-state index in [9.17, 15) is 4.79 Å². The van der Waals surface area contributed by atoms with Gasteiger partial charge < -0.3 is 10.5 Å². The molecule has 0 aromatic heterocycles. The Hall–Kier alpha value is -1.22. The third kappa shape index (κ3) is 2.47. The van der Waals surface area contributed by atoms with Gasteiger partial charge in [0.15, 0.2) is 0 Å². The average molecular weight is 240 g/mol. The van der Waals surface area contributed by atoms with E-state index in [-0.39, 0.29) is 12.1 Å². The first kappa shape index (κ1) is 11.3. The molecule has 0 spiro atoms. The van der Waals surface area contributed by atoms with Gasteiger partial charge in [0, 0.05) is 0 Å². The summed E-state index contributed by atoms with van der Waals surface area (Å²) in [6.07, 6.45) is 4.29. The molecule has 0 unspecified atom stereocenters. The number of esters is 1. The van der Waals surface area contributed by atoms with Gasteiger partial charge in [0.1, 0.15) is 6.10 Å². The largest absolute Gasteiger partial charge is 0.459 e. The number of halogens is 1. The highest BCUT2D eigenvalue weighted by molar-refractivity contribution is 6.33. The Morgan fingerprint density at radius 3 is 2.69 bits per heavy atom. The van der Waals surface area contributed by atoms with Gasteiger partial charge in [-0.25, -0.2) is 4.79 Å². The molecule has 86 valence electrons. The number of ether oxygens (including phenoxy) is 1. The molecule has 0 heterocycles. The van der Waals surface area contributed by atoms with Crippen LogP contribution >= 0.6 is 11.6 Å². The molecule has 1 saturated carbocycles. The Balaban J connectivity index is 2.05. The second-order valence-corrected chi connectivity index (χ2v) is 4.46. The van der Waals surface area contributed by atoms with E-state index in [0.29, 0.717) is 16.3 Å². The third-order valence-electron chi connectivity index (χ3n) is 2.81. The zero-order valence-electron chi connectivity index (χ0n) is 8.91. The molecule has 1 aromatic carbocycles. The van der Waals surface area contributed by atoms with Crippen LogP contribution in [0.4, 0.5) is 5.69 Å². The van der Waals surface area contributed by atoms with E-state index >= 15 is 0 Å². The lowest BCUT2D eigenvalue weighted by Gasteiger charge is -2.11. The van der Waals surface area contributed by atoms with Gasteiger partial charge in [0.25, 0.3) is 0 Å². The fraction of sp³-hybridized carbons (Fsp3) is 0.417. The van der Waals surface area contributed by atoms with Crippen LogP contribution in [0.2, 0.25) is 5.02 Å². The molecule has 0 bridgehead atoms. The third-order valence-corrected chi connectivity index (χ3v) is 3.14. The second-order valence-electron chi connectivity index (χ2n) is 4.05. The van der Waals surface area contributed by atoms with E-state index < -0.39 is 0 Å². The number of nitrogens with two attached hydrogens (primary N) is 1. The van der Waals surface area contributed by atoms with Crippen LogP contribution in [0, 0.1) is 0 Å². The van der Waals surface area contributed by atoms with Crippen LogP contribution in [0.1, 0.15) is 36.0 Å². The van der Waals surface area contributed by atoms with Crippen molar-refractivity contribution in [1.29, 1.82) is 0 Å². The minimum Gasteiger partial charge on any atom is -0.459 e. The topological polar surface area (TPSA) is 52.3 Å². The number of rotatable bonds is 2. The summed E-state index contributed by atoms with van der Waals surface area (Å²) in [5.74, 6) is -0.311. The van der Waals surface area contributed by atoms with Crippen LogP contribution in [-0.2, 0) is 4.74 Å². The summed E-state index contributed by atoms with van der Waals surface area (Å²) in [5, 5.41) is 0.390. The zero-order chi connectivity index (χ0) is 11.5. The molecule has 2 N–H and O–H groups in total. The van der Waals surface area contributed by atoms with Gasteiger partial charge in [0.2, 0.25) is 0 Å². The van der Waals surface area contributed by atoms with Gasteiger partial charge >= 0.3 is 5.97 Å². The number of carbonyl (C=O) groups excluding carboxylic acids is 1. The van der Waals surface area contributed by atoms with Gasteiger partial charge in [-0.15, -0.1) is 0 Å². The number of benzene rings is 1. The summed E-state index contributed by atoms with van der Waals surface area (Å²) in [6.45, 7) is 0. The summed E-state index contributed by atoms with van der Waals surface area (Å²) < 4.78 is 5.35. The fourth-order valence-corrected chi connectivity index (χ4v) is 2.06. The molecule has 1 fully saturated rings. The van der Waals surface area contributed by atoms with Gasteiger partial charge in [-0.3, -0.25) is 0 Å². The van der Waals surface area contributed by atoms with E-state index in [1.807, 2.05) is 0 Å². The molecular weight excluding hydrogens is 226 g/mol. The summed E-state index contributed by atoms with van der Waals surface area (Å²) in [7, 11) is 0. The van der Waals surface area contributed by atoms with Crippen molar-refractivity contribution in [3.8, 4) is 0 Å². The van der Waals surface area contributed by atoms with Crippen LogP contribution in [0.3, 0.4) is 0 Å². The molecule has 1 aliphatic rings. The Kier molecular flexibility index (Phi) is 3.34. The molecule has 2 rings (SSSR count). The summed E-state index contributed by atoms with van der Waals surface area (Å²) in [4.78, 5) is 11.7. The maximum Gasteiger partial charge on any atom is 0.338 e. The van der Waals surface area contributed by atoms with E-state index in [4.69, 9.17) is 22.1 Å². The number of hydrogen-bond acceptors (Lipinski definition) is 3. The quantitative estimate of drug-likeness (QED) is 0.638. The lowest BCUT2D eigenvalue weighted by molar-refractivity contribution is 0.0318. The van der Waals surface area contributed by atoms with Gasteiger partial charge in [-0.2, -0.15) is 0 Å². The minimum atomic E-state index is -0.311. The molecule has 0 aliphatic heterocycles. The van der Waals surface area contributed by atoms with Crippen molar-refractivity contribution < 1.29 is 9.53 Å². The molecule has 1 aromatic rings. The molecule has 3 nitrogen and oxygen atoms in total. The number of nitrogen functional groups attached to an aromatic ring is 1. The Morgan fingerprint density at radius 1 is 1.38 bits per heavy atom. The predicted molar refractivity (Wildman–Crippen MR) is 63.5 cm³/mol. The first-order valence-corrected chi connectivity index (χ1v) is 5.80. The van der Waals surface area contributed by atoms with Crippen LogP contribution in [-0.4, -0.2) is 12.1 Å². The summed E-state index contributed by atoms with van der Waals surface area (Å²) >= 11 is 5.84. The molecule has 0 amide bonds. The maximum atomic E-state index is 11.7. The highest BCUT2D eigenvalue weighted by Crippen LogP contribution is 2.24. The number of carbonyl (C=O) groups is 1. The van der Waals surface area contributed by atoms with E-state index in [1.54, 1.807) is 18.2 Å². The van der Waals surface area contributed by atoms with Crippen LogP contribution in [0.5, 0.6) is 0 Å². The van der Waals surface area contributed by atoms with E-state index in [2.05, 4.69) is 0 Å². The van der Waals surface area contributed by atoms with Crippen molar-refractivity contribution in [3.05, 3.63) is 28.8 Å². The number of hydrogen-bond donors (Lipinski definition) is 1. The summed E-state index contributed by atoms with van der Waals surface area (Å²) in [6, 6.07) is 4.81. The fourth-order valence-electron chi connectivity index (χ4n) is 1.88. The Morgan fingerprint density at radius 2 is 2.06 bits per heavy atom. The molecule has 0 atom stereocenters. The van der Waals surface area contributed by atoms with Crippen LogP contribution < -0.4 is 5.73 Å². The van der Waals surface area contributed by atoms with Gasteiger partial charge in [0.05, 0.1) is 16.3 Å². The molecule has 0 saturated heterocycles. The Labute approximate surface area is 99.5 Å². The number of anilines is 1. The maximum absolute atomic E-state index is 11.7. The van der Waals surface area contributed by atoms with Crippen molar-refractivity contribution in [2.45, 2.75) is 31.8 Å². The van der Waals surface area contributed by atoms with Crippen molar-refractivity contribution >= 4 is 23.3 Å². The standard InChI is InChI=1S/C12H14ClNO2/c13-10-7-8(5-6-11(10)14)12(15)16-9-3-1-2-4-9/h5-7,9H,1-4,14H2. The van der Waals surface area contributed by atoms with Crippen molar-refractivity contribution in [3.63, 3.8) is 0 Å². The highest BCUT2D eigenvalue weighted by Gasteiger charge is 2.20. The lowest BCUT2D eigenvalue weighted by Crippen LogP contribution is -2.14. The first-order valence-electron chi connectivity index (χ1n) is 5.43. The zero-order valence-corrected chi connectivity index (χ0v) is 9.67. The van der Waals surface area contributed by atoms with Crippen molar-refractivity contribution in [1.82, 2.24) is 0 Å². The smallest absolute Gasteiger partial charge is 0.338 e. The summed E-state index contributed by atoms with van der Waals surface area (Å²) in [5.41, 5.74) is 6.50. The van der Waals surface area contributed by atoms with Crippen LogP contribution in [0.25, 0.3) is 0 Å². The monoisotopic (exact) mass is 239 g/mol. The van der Waals surface area contributed by atoms with Crippen LogP contribution in [0.15, 0.2) is 18.2 Å². The first-order chi connectivity index (χ1) is 7.66. The normalized spacial score (nSPS) is 16.3. The van der Waals surface area contributed by atoms with Gasteiger partial charge in [-0.05, 0) is 43.9 Å². The molecular formula is C12H14ClNO2. The SMILES string of the molecule is Nc1ccc(C(=O)OC2CCCC2)cc1Cl. The van der Waals surface area contributed by atoms with E-state index in [0.717, 1.165) is 25.7 Å². The van der Waals surface area contributed by atoms with E-state index in [1.165, 1.54) is 0 Å².